The first-order chi connectivity index (χ1) is 14.6. The van der Waals surface area contributed by atoms with Crippen LogP contribution in [0.2, 0.25) is 0 Å². The van der Waals surface area contributed by atoms with Gasteiger partial charge in [-0.15, -0.1) is 0 Å². The number of fused-ring (bicyclic) bond motifs is 1. The first kappa shape index (κ1) is 19.1. The molecule has 2 amide bonds. The third kappa shape index (κ3) is 3.16. The molecule has 0 radical (unpaired) electrons. The highest BCUT2D eigenvalue weighted by Gasteiger charge is 2.55. The second kappa shape index (κ2) is 7.43. The minimum absolute atomic E-state index is 0.0404. The summed E-state index contributed by atoms with van der Waals surface area (Å²) in [6.45, 7) is 0.637. The van der Waals surface area contributed by atoms with Crippen molar-refractivity contribution in [2.24, 2.45) is 5.92 Å². The Morgan fingerprint density at radius 1 is 1.07 bits per heavy atom. The molecule has 0 unspecified atom stereocenters. The third-order valence-corrected chi connectivity index (χ3v) is 6.71. The summed E-state index contributed by atoms with van der Waals surface area (Å²) in [6.07, 6.45) is 1.88. The fraction of sp³-hybridized carbons (Fsp3) is 0.417. The van der Waals surface area contributed by atoms with Crippen molar-refractivity contribution in [2.45, 2.75) is 30.8 Å². The molecule has 6 heteroatoms. The number of piperazine rings is 1. The third-order valence-electron chi connectivity index (χ3n) is 6.71. The topological polar surface area (TPSA) is 70.1 Å². The van der Waals surface area contributed by atoms with Gasteiger partial charge in [0.1, 0.15) is 5.75 Å². The normalized spacial score (nSPS) is 25.5. The van der Waals surface area contributed by atoms with E-state index in [4.69, 9.17) is 4.74 Å². The lowest BCUT2D eigenvalue weighted by Crippen LogP contribution is -2.73. The summed E-state index contributed by atoms with van der Waals surface area (Å²) in [6, 6.07) is 16.0. The zero-order valence-electron chi connectivity index (χ0n) is 17.0. The summed E-state index contributed by atoms with van der Waals surface area (Å²) in [7, 11) is 1.65. The number of hydrogen-bond acceptors (Lipinski definition) is 4. The number of benzene rings is 2. The smallest absolute Gasteiger partial charge is 0.242 e. The molecule has 2 saturated heterocycles. The lowest BCUT2D eigenvalue weighted by atomic mass is 9.73. The lowest BCUT2D eigenvalue weighted by molar-refractivity contribution is -0.167. The molecule has 0 aromatic heterocycles. The molecule has 30 heavy (non-hydrogen) atoms. The minimum atomic E-state index is -0.215. The van der Waals surface area contributed by atoms with E-state index in [9.17, 15) is 14.7 Å². The molecule has 6 nitrogen and oxygen atoms in total. The van der Waals surface area contributed by atoms with E-state index in [1.165, 1.54) is 0 Å². The van der Waals surface area contributed by atoms with E-state index in [-0.39, 0.29) is 48.9 Å². The molecule has 1 aliphatic carbocycles. The number of aliphatic hydroxyl groups excluding tert-OH is 1. The monoisotopic (exact) mass is 406 g/mol. The number of amides is 2. The summed E-state index contributed by atoms with van der Waals surface area (Å²) < 4.78 is 5.22. The van der Waals surface area contributed by atoms with Gasteiger partial charge in [-0.1, -0.05) is 36.4 Å². The molecule has 0 bridgehead atoms. The summed E-state index contributed by atoms with van der Waals surface area (Å²) >= 11 is 0. The van der Waals surface area contributed by atoms with E-state index < -0.39 is 0 Å². The molecule has 1 saturated carbocycles. The Balaban J connectivity index is 1.36. The van der Waals surface area contributed by atoms with E-state index in [0.717, 1.165) is 35.3 Å². The Bertz CT molecular complexity index is 952. The molecule has 2 aromatic carbocycles. The van der Waals surface area contributed by atoms with Gasteiger partial charge >= 0.3 is 0 Å². The van der Waals surface area contributed by atoms with Crippen LogP contribution in [0, 0.1) is 5.92 Å². The maximum atomic E-state index is 12.7. The number of hydrogen-bond donors (Lipinski definition) is 1. The van der Waals surface area contributed by atoms with E-state index in [0.29, 0.717) is 6.54 Å². The second-order valence-electron chi connectivity index (χ2n) is 8.49. The van der Waals surface area contributed by atoms with Crippen LogP contribution in [0.1, 0.15) is 24.3 Å². The van der Waals surface area contributed by atoms with Gasteiger partial charge in [0, 0.05) is 18.4 Å². The van der Waals surface area contributed by atoms with Crippen molar-refractivity contribution < 1.29 is 19.4 Å². The molecule has 3 fully saturated rings. The van der Waals surface area contributed by atoms with Crippen molar-refractivity contribution >= 4 is 11.8 Å². The van der Waals surface area contributed by atoms with Crippen molar-refractivity contribution in [3.63, 3.8) is 0 Å². The van der Waals surface area contributed by atoms with Gasteiger partial charge in [-0.05, 0) is 41.7 Å². The van der Waals surface area contributed by atoms with Crippen LogP contribution in [0.4, 0.5) is 0 Å². The number of rotatable bonds is 5. The van der Waals surface area contributed by atoms with Gasteiger partial charge in [0.25, 0.3) is 0 Å². The molecular formula is C24H26N2O4. The highest BCUT2D eigenvalue weighted by atomic mass is 16.5. The van der Waals surface area contributed by atoms with Crippen molar-refractivity contribution in [3.8, 4) is 16.9 Å². The average molecular weight is 406 g/mol. The zero-order valence-corrected chi connectivity index (χ0v) is 17.0. The molecular weight excluding hydrogens is 380 g/mol. The minimum Gasteiger partial charge on any atom is -0.497 e. The van der Waals surface area contributed by atoms with Gasteiger partial charge in [-0.2, -0.15) is 0 Å². The number of aliphatic hydroxyl groups is 1. The van der Waals surface area contributed by atoms with E-state index in [2.05, 4.69) is 24.3 Å². The van der Waals surface area contributed by atoms with Gasteiger partial charge < -0.3 is 19.6 Å². The first-order valence-corrected chi connectivity index (χ1v) is 10.6. The SMILES string of the molecule is COc1ccc(-c2ccc([C@@H]3[C@H]4CN(C(=O)C5CC5)CC(=O)N4[C@H]3CO)cc2)cc1. The van der Waals surface area contributed by atoms with Crippen molar-refractivity contribution in [3.05, 3.63) is 54.1 Å². The fourth-order valence-electron chi connectivity index (χ4n) is 4.94. The average Bonchev–Trinajstić information content (AvgIpc) is 3.60. The Kier molecular flexibility index (Phi) is 4.74. The molecule has 3 atom stereocenters. The highest BCUT2D eigenvalue weighted by Crippen LogP contribution is 2.44. The van der Waals surface area contributed by atoms with E-state index in [1.54, 1.807) is 16.9 Å². The van der Waals surface area contributed by atoms with Crippen molar-refractivity contribution in [1.29, 1.82) is 0 Å². The molecule has 2 aromatic rings. The predicted octanol–water partition coefficient (Wildman–Crippen LogP) is 2.27. The molecule has 2 aliphatic heterocycles. The van der Waals surface area contributed by atoms with Crippen LogP contribution in [-0.4, -0.2) is 65.6 Å². The van der Waals surface area contributed by atoms with Crippen molar-refractivity contribution in [2.75, 3.05) is 26.8 Å². The van der Waals surface area contributed by atoms with Crippen LogP contribution in [0.3, 0.4) is 0 Å². The number of carbonyl (C=O) groups is 2. The van der Waals surface area contributed by atoms with E-state index >= 15 is 0 Å². The quantitative estimate of drug-likeness (QED) is 0.827. The van der Waals surface area contributed by atoms with Gasteiger partial charge in [0.15, 0.2) is 0 Å². The van der Waals surface area contributed by atoms with Crippen LogP contribution in [0.25, 0.3) is 11.1 Å². The summed E-state index contributed by atoms with van der Waals surface area (Å²) in [4.78, 5) is 28.7. The van der Waals surface area contributed by atoms with Crippen LogP contribution in [0.5, 0.6) is 5.75 Å². The Labute approximate surface area is 176 Å². The first-order valence-electron chi connectivity index (χ1n) is 10.6. The molecule has 1 N–H and O–H groups in total. The van der Waals surface area contributed by atoms with Gasteiger partial charge in [0.05, 0.1) is 32.3 Å². The number of ether oxygens (including phenoxy) is 1. The predicted molar refractivity (Wildman–Crippen MR) is 112 cm³/mol. The second-order valence-corrected chi connectivity index (χ2v) is 8.49. The van der Waals surface area contributed by atoms with Crippen LogP contribution < -0.4 is 4.74 Å². The largest absolute Gasteiger partial charge is 0.497 e. The van der Waals surface area contributed by atoms with E-state index in [1.807, 2.05) is 24.3 Å². The number of nitrogens with zero attached hydrogens (tertiary/aromatic N) is 2. The Morgan fingerprint density at radius 2 is 1.70 bits per heavy atom. The highest BCUT2D eigenvalue weighted by molar-refractivity contribution is 5.89. The maximum absolute atomic E-state index is 12.7. The van der Waals surface area contributed by atoms with Crippen LogP contribution in [-0.2, 0) is 9.59 Å². The summed E-state index contributed by atoms with van der Waals surface area (Å²) in [5, 5.41) is 9.94. The molecule has 3 aliphatic rings. The molecule has 156 valence electrons. The maximum Gasteiger partial charge on any atom is 0.242 e. The lowest BCUT2D eigenvalue weighted by Gasteiger charge is -2.58. The van der Waals surface area contributed by atoms with Crippen LogP contribution >= 0.6 is 0 Å². The Hall–Kier alpha value is -2.86. The van der Waals surface area contributed by atoms with Gasteiger partial charge in [-0.25, -0.2) is 0 Å². The summed E-state index contributed by atoms with van der Waals surface area (Å²) in [5.74, 6) is 1.04. The van der Waals surface area contributed by atoms with Crippen LogP contribution in [0.15, 0.2) is 48.5 Å². The molecule has 2 heterocycles. The number of carbonyl (C=O) groups excluding carboxylic acids is 2. The summed E-state index contributed by atoms with van der Waals surface area (Å²) in [5.41, 5.74) is 3.30. The van der Waals surface area contributed by atoms with Gasteiger partial charge in [0.2, 0.25) is 11.8 Å². The van der Waals surface area contributed by atoms with Crippen molar-refractivity contribution in [1.82, 2.24) is 9.80 Å². The Morgan fingerprint density at radius 3 is 2.27 bits per heavy atom. The number of methoxy groups -OCH3 is 1. The fourth-order valence-corrected chi connectivity index (χ4v) is 4.94. The zero-order chi connectivity index (χ0) is 20.8. The molecule has 0 spiro atoms. The molecule has 5 rings (SSSR count). The standard InChI is InChI=1S/C24H26N2O4/c1-30-19-10-8-16(9-11-19)15-2-4-17(5-3-15)23-20-12-25(24(29)18-6-7-18)13-22(28)26(20)21(23)14-27/h2-5,8-11,18,20-21,23,27H,6-7,12-14H2,1H3/t20-,21+,23-/m1/s1. The van der Waals surface area contributed by atoms with Gasteiger partial charge in [-0.3, -0.25) is 9.59 Å².